The van der Waals surface area contributed by atoms with Crippen LogP contribution in [0.15, 0.2) is 76.7 Å². The molecule has 3 aromatic carbocycles. The van der Waals surface area contributed by atoms with E-state index in [1.165, 1.54) is 38.6 Å². The number of nitrogens with one attached hydrogen (secondary N) is 1. The number of esters is 1. The molecule has 0 spiro atoms. The van der Waals surface area contributed by atoms with Gasteiger partial charge in [0.05, 0.1) is 30.9 Å². The van der Waals surface area contributed by atoms with Gasteiger partial charge in [0.2, 0.25) is 0 Å². The molecule has 0 aliphatic heterocycles. The fraction of sp³-hybridized carbons (Fsp3) is 0.130. The van der Waals surface area contributed by atoms with Crippen molar-refractivity contribution in [3.8, 4) is 17.2 Å². The average Bonchev–Trinajstić information content (AvgIpc) is 2.80. The van der Waals surface area contributed by atoms with E-state index in [0.717, 1.165) is 5.56 Å². The van der Waals surface area contributed by atoms with Gasteiger partial charge in [-0.05, 0) is 67.1 Å². The lowest BCUT2D eigenvalue weighted by Crippen LogP contribution is -2.18. The summed E-state index contributed by atoms with van der Waals surface area (Å²) in [7, 11) is -0.761. The predicted octanol–water partition coefficient (Wildman–Crippen LogP) is 3.54. The van der Waals surface area contributed by atoms with Crippen LogP contribution < -0.4 is 19.0 Å². The maximum atomic E-state index is 12.4. The third kappa shape index (κ3) is 5.64. The Balaban J connectivity index is 1.62. The van der Waals surface area contributed by atoms with Crippen molar-refractivity contribution in [1.29, 1.82) is 0 Å². The van der Waals surface area contributed by atoms with Crippen molar-refractivity contribution >= 4 is 22.2 Å². The molecule has 0 heterocycles. The van der Waals surface area contributed by atoms with E-state index in [1.54, 1.807) is 48.5 Å². The second-order valence-electron chi connectivity index (χ2n) is 6.69. The summed E-state index contributed by atoms with van der Waals surface area (Å²) in [6.45, 7) is 1.87. The Labute approximate surface area is 186 Å². The first-order valence-electron chi connectivity index (χ1n) is 9.48. The maximum Gasteiger partial charge on any atom is 0.343 e. The predicted molar refractivity (Wildman–Crippen MR) is 120 cm³/mol. The smallest absolute Gasteiger partial charge is 0.343 e. The Bertz CT molecular complexity index is 1220. The molecule has 0 saturated heterocycles. The summed E-state index contributed by atoms with van der Waals surface area (Å²) >= 11 is 0. The summed E-state index contributed by atoms with van der Waals surface area (Å²) in [5.74, 6) is 0.688. The van der Waals surface area contributed by atoms with Crippen LogP contribution in [0.2, 0.25) is 0 Å². The highest BCUT2D eigenvalue weighted by Gasteiger charge is 2.13. The molecular weight excluding hydrogens is 432 g/mol. The first-order valence-corrected chi connectivity index (χ1v) is 11.0. The van der Waals surface area contributed by atoms with Crippen molar-refractivity contribution in [3.63, 3.8) is 0 Å². The van der Waals surface area contributed by atoms with Gasteiger partial charge in [-0.2, -0.15) is 13.5 Å². The van der Waals surface area contributed by atoms with E-state index in [0.29, 0.717) is 28.4 Å². The monoisotopic (exact) mass is 454 g/mol. The number of carbonyl (C=O) groups excluding carboxylic acids is 1. The van der Waals surface area contributed by atoms with E-state index in [9.17, 15) is 13.2 Å². The van der Waals surface area contributed by atoms with Gasteiger partial charge in [0, 0.05) is 0 Å². The van der Waals surface area contributed by atoms with E-state index < -0.39 is 16.0 Å². The highest BCUT2D eigenvalue weighted by atomic mass is 32.2. The van der Waals surface area contributed by atoms with Crippen LogP contribution in [0, 0.1) is 6.92 Å². The van der Waals surface area contributed by atoms with Crippen molar-refractivity contribution in [3.05, 3.63) is 83.4 Å². The van der Waals surface area contributed by atoms with Crippen LogP contribution >= 0.6 is 0 Å². The highest BCUT2D eigenvalue weighted by Crippen LogP contribution is 2.28. The minimum Gasteiger partial charge on any atom is -0.493 e. The van der Waals surface area contributed by atoms with Crippen LogP contribution in [-0.2, 0) is 10.0 Å². The Morgan fingerprint density at radius 2 is 1.56 bits per heavy atom. The van der Waals surface area contributed by atoms with Gasteiger partial charge in [-0.15, -0.1) is 0 Å². The van der Waals surface area contributed by atoms with Crippen LogP contribution in [-0.4, -0.2) is 34.8 Å². The third-order valence-electron chi connectivity index (χ3n) is 4.43. The average molecular weight is 455 g/mol. The molecule has 0 bridgehead atoms. The van der Waals surface area contributed by atoms with Gasteiger partial charge < -0.3 is 14.2 Å². The van der Waals surface area contributed by atoms with Crippen LogP contribution in [0.1, 0.15) is 21.5 Å². The first kappa shape index (κ1) is 22.8. The molecule has 1 N–H and O–H groups in total. The molecule has 0 amide bonds. The van der Waals surface area contributed by atoms with Gasteiger partial charge in [-0.3, -0.25) is 0 Å². The number of sulfonamides is 1. The number of methoxy groups -OCH3 is 2. The Morgan fingerprint density at radius 1 is 0.906 bits per heavy atom. The fourth-order valence-electron chi connectivity index (χ4n) is 2.69. The molecule has 8 nitrogen and oxygen atoms in total. The van der Waals surface area contributed by atoms with E-state index in [4.69, 9.17) is 14.2 Å². The molecule has 0 atom stereocenters. The zero-order valence-electron chi connectivity index (χ0n) is 17.7. The number of hydrogen-bond acceptors (Lipinski definition) is 7. The van der Waals surface area contributed by atoms with Crippen molar-refractivity contribution in [1.82, 2.24) is 4.83 Å². The Kier molecular flexibility index (Phi) is 7.11. The van der Waals surface area contributed by atoms with E-state index in [1.807, 2.05) is 6.92 Å². The van der Waals surface area contributed by atoms with Crippen LogP contribution in [0.3, 0.4) is 0 Å². The molecule has 9 heteroatoms. The topological polar surface area (TPSA) is 103 Å². The first-order chi connectivity index (χ1) is 15.3. The second-order valence-corrected chi connectivity index (χ2v) is 8.36. The van der Waals surface area contributed by atoms with Crippen LogP contribution in [0.4, 0.5) is 0 Å². The molecule has 32 heavy (non-hydrogen) atoms. The Hall–Kier alpha value is -3.85. The van der Waals surface area contributed by atoms with Crippen molar-refractivity contribution in [2.75, 3.05) is 14.2 Å². The number of rotatable bonds is 8. The van der Waals surface area contributed by atoms with Gasteiger partial charge in [-0.25, -0.2) is 9.63 Å². The van der Waals surface area contributed by atoms with Gasteiger partial charge in [-0.1, -0.05) is 17.7 Å². The maximum absolute atomic E-state index is 12.4. The molecule has 0 aliphatic rings. The highest BCUT2D eigenvalue weighted by molar-refractivity contribution is 7.89. The lowest BCUT2D eigenvalue weighted by atomic mass is 10.2. The normalized spacial score (nSPS) is 11.2. The lowest BCUT2D eigenvalue weighted by Gasteiger charge is -2.09. The number of benzene rings is 3. The molecule has 166 valence electrons. The molecular formula is C23H22N2O6S. The molecule has 3 rings (SSSR count). The minimum atomic E-state index is -3.75. The zero-order valence-corrected chi connectivity index (χ0v) is 18.5. The number of hydrogen-bond donors (Lipinski definition) is 1. The van der Waals surface area contributed by atoms with Gasteiger partial charge in [0.15, 0.2) is 11.5 Å². The van der Waals surface area contributed by atoms with Crippen molar-refractivity contribution in [2.24, 2.45) is 5.10 Å². The number of aryl methyl sites for hydroxylation is 1. The number of nitrogens with zero attached hydrogens (tertiary/aromatic N) is 1. The third-order valence-corrected chi connectivity index (χ3v) is 5.67. The molecule has 0 unspecified atom stereocenters. The largest absolute Gasteiger partial charge is 0.493 e. The lowest BCUT2D eigenvalue weighted by molar-refractivity contribution is 0.0734. The zero-order chi connectivity index (χ0) is 23.1. The van der Waals surface area contributed by atoms with Gasteiger partial charge in [0.25, 0.3) is 10.0 Å². The standard InChI is InChI=1S/C23H22N2O6S/c1-16-4-11-20(12-5-16)32(27,28)25-24-15-17-6-9-19(10-7-17)31-23(26)18-8-13-21(29-2)22(14-18)30-3/h4-15,25H,1-3H3/b24-15+. The van der Waals surface area contributed by atoms with Crippen molar-refractivity contribution < 1.29 is 27.4 Å². The number of carbonyl (C=O) groups is 1. The summed E-state index contributed by atoms with van der Waals surface area (Å²) in [4.78, 5) is 14.7. The second kappa shape index (κ2) is 9.97. The summed E-state index contributed by atoms with van der Waals surface area (Å²) < 4.78 is 40.2. The van der Waals surface area contributed by atoms with Gasteiger partial charge in [0.1, 0.15) is 5.75 Å². The molecule has 0 radical (unpaired) electrons. The van der Waals surface area contributed by atoms with E-state index >= 15 is 0 Å². The summed E-state index contributed by atoms with van der Waals surface area (Å²) in [6, 6.07) is 17.6. The van der Waals surface area contributed by atoms with E-state index in [2.05, 4.69) is 9.93 Å². The fourth-order valence-corrected chi connectivity index (χ4v) is 3.48. The SMILES string of the molecule is COc1ccc(C(=O)Oc2ccc(/C=N/NS(=O)(=O)c3ccc(C)cc3)cc2)cc1OC. The molecule has 0 fully saturated rings. The molecule has 3 aromatic rings. The van der Waals surface area contributed by atoms with Crippen LogP contribution in [0.5, 0.6) is 17.2 Å². The number of ether oxygens (including phenoxy) is 3. The molecule has 0 aromatic heterocycles. The summed E-state index contributed by atoms with van der Waals surface area (Å²) in [6.07, 6.45) is 1.35. The summed E-state index contributed by atoms with van der Waals surface area (Å²) in [5, 5.41) is 3.79. The quantitative estimate of drug-likeness (QED) is 0.242. The van der Waals surface area contributed by atoms with Crippen molar-refractivity contribution in [2.45, 2.75) is 11.8 Å². The van der Waals surface area contributed by atoms with E-state index in [-0.39, 0.29) is 4.90 Å². The molecule has 0 saturated carbocycles. The summed E-state index contributed by atoms with van der Waals surface area (Å²) in [5.41, 5.74) is 1.88. The van der Waals surface area contributed by atoms with Crippen LogP contribution in [0.25, 0.3) is 0 Å². The molecule has 0 aliphatic carbocycles. The number of hydrazone groups is 1. The minimum absolute atomic E-state index is 0.123. The van der Waals surface area contributed by atoms with Gasteiger partial charge >= 0.3 is 5.97 Å². The Morgan fingerprint density at radius 3 is 2.19 bits per heavy atom.